The molecular formula is C25H28F2N4O5S2. The number of nitrogens with one attached hydrogen (secondary N) is 3. The third-order valence-electron chi connectivity index (χ3n) is 5.77. The molecule has 0 radical (unpaired) electrons. The van der Waals surface area contributed by atoms with Gasteiger partial charge < -0.3 is 4.90 Å². The van der Waals surface area contributed by atoms with Gasteiger partial charge in [-0.15, -0.1) is 0 Å². The Morgan fingerprint density at radius 2 is 1.58 bits per heavy atom. The van der Waals surface area contributed by atoms with Gasteiger partial charge in [-0.1, -0.05) is 24.3 Å². The van der Waals surface area contributed by atoms with Gasteiger partial charge in [-0.3, -0.25) is 10.1 Å². The number of sulfonamides is 2. The van der Waals surface area contributed by atoms with Crippen LogP contribution in [-0.2, 0) is 31.3 Å². The molecule has 3 aromatic rings. The predicted molar refractivity (Wildman–Crippen MR) is 139 cm³/mol. The van der Waals surface area contributed by atoms with E-state index in [1.165, 1.54) is 49.3 Å². The summed E-state index contributed by atoms with van der Waals surface area (Å²) in [5.41, 5.74) is 0.929. The summed E-state index contributed by atoms with van der Waals surface area (Å²) in [5, 5.41) is 2.80. The van der Waals surface area contributed by atoms with E-state index in [0.29, 0.717) is 11.6 Å². The highest BCUT2D eigenvalue weighted by molar-refractivity contribution is 7.89. The number of hydrogen-bond acceptors (Lipinski definition) is 6. The summed E-state index contributed by atoms with van der Waals surface area (Å²) in [5.74, 6) is -2.25. The number of rotatable bonds is 11. The van der Waals surface area contributed by atoms with Gasteiger partial charge in [-0.25, -0.2) is 30.3 Å². The van der Waals surface area contributed by atoms with Crippen LogP contribution in [0.25, 0.3) is 0 Å². The fraction of sp³-hybridized carbons (Fsp3) is 0.240. The minimum Gasteiger partial charge on any atom is -0.314 e. The van der Waals surface area contributed by atoms with Gasteiger partial charge >= 0.3 is 0 Å². The molecule has 1 amide bonds. The Balaban J connectivity index is 1.86. The molecule has 0 aromatic heterocycles. The fourth-order valence-corrected chi connectivity index (χ4v) is 5.69. The normalized spacial score (nSPS) is 12.8. The largest absolute Gasteiger partial charge is 0.314 e. The van der Waals surface area contributed by atoms with Crippen LogP contribution in [0.2, 0.25) is 0 Å². The molecule has 0 saturated carbocycles. The zero-order valence-electron chi connectivity index (χ0n) is 20.9. The number of nitrogens with zero attached hydrogens (tertiary/aromatic N) is 1. The number of anilines is 1. The average molecular weight is 567 g/mol. The molecule has 3 aromatic carbocycles. The second-order valence-electron chi connectivity index (χ2n) is 8.43. The van der Waals surface area contributed by atoms with Crippen LogP contribution >= 0.6 is 0 Å². The molecule has 3 N–H and O–H groups in total. The lowest BCUT2D eigenvalue weighted by Gasteiger charge is -2.25. The van der Waals surface area contributed by atoms with Crippen molar-refractivity contribution in [3.8, 4) is 0 Å². The maximum absolute atomic E-state index is 13.8. The quantitative estimate of drug-likeness (QED) is 0.306. The van der Waals surface area contributed by atoms with Gasteiger partial charge in [0.05, 0.1) is 22.5 Å². The monoisotopic (exact) mass is 566 g/mol. The summed E-state index contributed by atoms with van der Waals surface area (Å²) in [6, 6.07) is 13.7. The number of amides is 1. The summed E-state index contributed by atoms with van der Waals surface area (Å²) in [4.78, 5) is 14.6. The highest BCUT2D eigenvalue weighted by Gasteiger charge is 2.26. The van der Waals surface area contributed by atoms with Crippen LogP contribution in [0.15, 0.2) is 76.5 Å². The van der Waals surface area contributed by atoms with E-state index in [9.17, 15) is 30.4 Å². The van der Waals surface area contributed by atoms with Crippen molar-refractivity contribution >= 4 is 31.6 Å². The van der Waals surface area contributed by atoms with Crippen molar-refractivity contribution in [1.29, 1.82) is 0 Å². The Morgan fingerprint density at radius 1 is 0.921 bits per heavy atom. The fourth-order valence-electron chi connectivity index (χ4n) is 3.75. The van der Waals surface area contributed by atoms with Crippen LogP contribution in [0.5, 0.6) is 0 Å². The smallest absolute Gasteiger partial charge is 0.244 e. The van der Waals surface area contributed by atoms with Crippen molar-refractivity contribution in [3.05, 3.63) is 89.5 Å². The lowest BCUT2D eigenvalue weighted by atomic mass is 10.0. The lowest BCUT2D eigenvalue weighted by Crippen LogP contribution is -2.50. The van der Waals surface area contributed by atoms with Gasteiger partial charge in [-0.2, -0.15) is 4.72 Å². The molecule has 0 aliphatic heterocycles. The van der Waals surface area contributed by atoms with Crippen molar-refractivity contribution in [2.45, 2.75) is 29.2 Å². The summed E-state index contributed by atoms with van der Waals surface area (Å²) >= 11 is 0. The minimum atomic E-state index is -3.93. The molecule has 0 saturated heterocycles. The van der Waals surface area contributed by atoms with E-state index in [0.717, 1.165) is 12.1 Å². The second-order valence-corrected chi connectivity index (χ2v) is 12.1. The number of carbonyl (C=O) groups is 1. The summed E-state index contributed by atoms with van der Waals surface area (Å²) in [6.45, 7) is 1.27. The van der Waals surface area contributed by atoms with Gasteiger partial charge in [0.1, 0.15) is 11.6 Å². The van der Waals surface area contributed by atoms with E-state index >= 15 is 0 Å². The van der Waals surface area contributed by atoms with Crippen molar-refractivity contribution < 1.29 is 30.4 Å². The highest BCUT2D eigenvalue weighted by Crippen LogP contribution is 2.20. The molecule has 0 aliphatic rings. The third kappa shape index (κ3) is 7.20. The SMILES string of the molecule is CNS(=O)(=O)c1cccc(N(C)C(=O)C(Cc2cc(F)cc(F)c2)NCNS(=O)(=O)c2ccccc2C)c1. The Morgan fingerprint density at radius 3 is 2.21 bits per heavy atom. The first-order valence-electron chi connectivity index (χ1n) is 11.4. The number of benzene rings is 3. The molecule has 3 rings (SSSR count). The molecule has 0 bridgehead atoms. The van der Waals surface area contributed by atoms with Crippen LogP contribution in [0, 0.1) is 18.6 Å². The van der Waals surface area contributed by atoms with E-state index in [1.54, 1.807) is 25.1 Å². The van der Waals surface area contributed by atoms with Gasteiger partial charge in [0.25, 0.3) is 0 Å². The molecular weight excluding hydrogens is 538 g/mol. The molecule has 1 atom stereocenters. The zero-order valence-corrected chi connectivity index (χ0v) is 22.5. The van der Waals surface area contributed by atoms with Crippen molar-refractivity contribution in [3.63, 3.8) is 0 Å². The molecule has 9 nitrogen and oxygen atoms in total. The van der Waals surface area contributed by atoms with E-state index in [-0.39, 0.29) is 34.1 Å². The molecule has 0 heterocycles. The summed E-state index contributed by atoms with van der Waals surface area (Å²) in [6.07, 6.45) is -0.182. The van der Waals surface area contributed by atoms with Crippen molar-refractivity contribution in [2.24, 2.45) is 0 Å². The zero-order chi connectivity index (χ0) is 28.1. The van der Waals surface area contributed by atoms with Gasteiger partial charge in [0.15, 0.2) is 0 Å². The first-order chi connectivity index (χ1) is 17.8. The topological polar surface area (TPSA) is 125 Å². The molecule has 0 spiro atoms. The Bertz CT molecular complexity index is 1510. The molecule has 1 unspecified atom stereocenters. The van der Waals surface area contributed by atoms with Crippen LogP contribution < -0.4 is 19.7 Å². The number of hydrogen-bond donors (Lipinski definition) is 3. The summed E-state index contributed by atoms with van der Waals surface area (Å²) in [7, 11) is -5.04. The molecule has 38 heavy (non-hydrogen) atoms. The second kappa shape index (κ2) is 12.1. The maximum Gasteiger partial charge on any atom is 0.244 e. The van der Waals surface area contributed by atoms with Crippen molar-refractivity contribution in [2.75, 3.05) is 25.7 Å². The number of halogens is 2. The third-order valence-corrected chi connectivity index (χ3v) is 8.74. The van der Waals surface area contributed by atoms with E-state index < -0.39 is 43.6 Å². The predicted octanol–water partition coefficient (Wildman–Crippen LogP) is 2.28. The molecule has 204 valence electrons. The molecule has 13 heteroatoms. The molecule has 0 aliphatic carbocycles. The van der Waals surface area contributed by atoms with Crippen molar-refractivity contribution in [1.82, 2.24) is 14.8 Å². The lowest BCUT2D eigenvalue weighted by molar-refractivity contribution is -0.120. The standard InChI is InChI=1S/C25H28F2N4O5S2/c1-17-7-4-5-10-24(17)38(35,36)30-16-29-23(13-18-11-19(26)14-20(27)12-18)25(32)31(3)21-8-6-9-22(15-21)37(33,34)28-2/h4-12,14-15,23,28-30H,13,16H2,1-3H3. The Labute approximate surface area is 221 Å². The van der Waals surface area contributed by atoms with Crippen LogP contribution in [0.1, 0.15) is 11.1 Å². The number of carbonyl (C=O) groups excluding carboxylic acids is 1. The van der Waals surface area contributed by atoms with Crippen LogP contribution in [0.4, 0.5) is 14.5 Å². The summed E-state index contributed by atoms with van der Waals surface area (Å²) < 4.78 is 82.1. The highest BCUT2D eigenvalue weighted by atomic mass is 32.2. The van der Waals surface area contributed by atoms with E-state index in [1.807, 2.05) is 0 Å². The van der Waals surface area contributed by atoms with Crippen LogP contribution in [-0.4, -0.2) is 49.5 Å². The Hall–Kier alpha value is -3.23. The van der Waals surface area contributed by atoms with Gasteiger partial charge in [0, 0.05) is 18.8 Å². The number of aryl methyl sites for hydroxylation is 1. The first-order valence-corrected chi connectivity index (χ1v) is 14.4. The Kier molecular flexibility index (Phi) is 9.33. The van der Waals surface area contributed by atoms with Gasteiger partial charge in [0.2, 0.25) is 26.0 Å². The van der Waals surface area contributed by atoms with E-state index in [4.69, 9.17) is 0 Å². The average Bonchev–Trinajstić information content (AvgIpc) is 2.86. The number of likely N-dealkylation sites (N-methyl/N-ethyl adjacent to an activating group) is 1. The minimum absolute atomic E-state index is 0.0663. The van der Waals surface area contributed by atoms with E-state index in [2.05, 4.69) is 14.8 Å². The maximum atomic E-state index is 13.8. The van der Waals surface area contributed by atoms with Gasteiger partial charge in [-0.05, 0) is 67.9 Å². The molecule has 0 fully saturated rings. The van der Waals surface area contributed by atoms with Crippen LogP contribution in [0.3, 0.4) is 0 Å². The first kappa shape index (κ1) is 29.3.